The van der Waals surface area contributed by atoms with Crippen LogP contribution < -0.4 is 10.4 Å². The van der Waals surface area contributed by atoms with E-state index in [1.807, 2.05) is 0 Å². The van der Waals surface area contributed by atoms with Gasteiger partial charge in [-0.25, -0.2) is 18.6 Å². The van der Waals surface area contributed by atoms with E-state index >= 15 is 0 Å². The monoisotopic (exact) mass is 415 g/mol. The lowest BCUT2D eigenvalue weighted by molar-refractivity contribution is 0.0174. The maximum atomic E-state index is 13.6. The van der Waals surface area contributed by atoms with Gasteiger partial charge in [0.15, 0.2) is 0 Å². The molecular weight excluding hydrogens is 400 g/mol. The van der Waals surface area contributed by atoms with Crippen molar-refractivity contribution in [1.82, 2.24) is 14.0 Å². The second kappa shape index (κ2) is 7.33. The smallest absolute Gasteiger partial charge is 0.338 e. The Balaban J connectivity index is 1.64. The normalized spacial score (nSPS) is 11.7. The lowest BCUT2D eigenvalue weighted by Crippen LogP contribution is -2.24. The average molecular weight is 416 g/mol. The minimum atomic E-state index is -3.00. The SMILES string of the molecule is CC(F)(F)c1cccc(-n2ccc3nc(COc4ccc(Cl)cc4)cn3c2=O)c1. The summed E-state index contributed by atoms with van der Waals surface area (Å²) >= 11 is 5.85. The highest BCUT2D eigenvalue weighted by Gasteiger charge is 2.24. The molecule has 2 aromatic carbocycles. The summed E-state index contributed by atoms with van der Waals surface area (Å²) in [5, 5.41) is 0.607. The number of alkyl halides is 2. The van der Waals surface area contributed by atoms with Crippen molar-refractivity contribution < 1.29 is 13.5 Å². The van der Waals surface area contributed by atoms with E-state index in [4.69, 9.17) is 16.3 Å². The van der Waals surface area contributed by atoms with E-state index in [2.05, 4.69) is 4.98 Å². The Hall–Kier alpha value is -3.19. The second-order valence-electron chi connectivity index (χ2n) is 6.61. The number of fused-ring (bicyclic) bond motifs is 1. The molecule has 0 unspecified atom stereocenters. The Morgan fingerprint density at radius 2 is 1.90 bits per heavy atom. The molecule has 4 aromatic rings. The van der Waals surface area contributed by atoms with Gasteiger partial charge in [-0.05, 0) is 42.5 Å². The number of hydrogen-bond donors (Lipinski definition) is 0. The van der Waals surface area contributed by atoms with Crippen LogP contribution in [0.4, 0.5) is 8.78 Å². The highest BCUT2D eigenvalue weighted by Crippen LogP contribution is 2.28. The zero-order chi connectivity index (χ0) is 20.6. The van der Waals surface area contributed by atoms with Crippen molar-refractivity contribution in [2.75, 3.05) is 0 Å². The minimum absolute atomic E-state index is 0.162. The average Bonchev–Trinajstić information content (AvgIpc) is 3.11. The van der Waals surface area contributed by atoms with Crippen LogP contribution in [0.5, 0.6) is 5.75 Å². The first kappa shape index (κ1) is 19.1. The third kappa shape index (κ3) is 4.00. The largest absolute Gasteiger partial charge is 0.487 e. The number of halogens is 3. The molecule has 0 amide bonds. The molecule has 0 aliphatic rings. The van der Waals surface area contributed by atoms with Crippen LogP contribution in [-0.2, 0) is 12.5 Å². The second-order valence-corrected chi connectivity index (χ2v) is 7.05. The topological polar surface area (TPSA) is 48.5 Å². The Morgan fingerprint density at radius 3 is 2.62 bits per heavy atom. The van der Waals surface area contributed by atoms with Gasteiger partial charge in [0.2, 0.25) is 0 Å². The fourth-order valence-corrected chi connectivity index (χ4v) is 3.05. The van der Waals surface area contributed by atoms with Gasteiger partial charge in [-0.15, -0.1) is 0 Å². The van der Waals surface area contributed by atoms with Crippen LogP contribution in [0.3, 0.4) is 0 Å². The van der Waals surface area contributed by atoms with Gasteiger partial charge >= 0.3 is 5.69 Å². The molecule has 0 saturated carbocycles. The standard InChI is InChI=1S/C21H16ClF2N3O2/c1-21(23,24)14-3-2-4-17(11-14)26-10-9-19-25-16(12-27(19)20(26)28)13-29-18-7-5-15(22)6-8-18/h2-12H,13H2,1H3. The molecule has 2 heterocycles. The molecular formula is C21H16ClF2N3O2. The number of aromatic nitrogens is 3. The minimum Gasteiger partial charge on any atom is -0.487 e. The Kier molecular flexibility index (Phi) is 4.84. The van der Waals surface area contributed by atoms with Crippen LogP contribution in [0.15, 0.2) is 71.8 Å². The van der Waals surface area contributed by atoms with Crippen LogP contribution in [-0.4, -0.2) is 14.0 Å². The van der Waals surface area contributed by atoms with Crippen LogP contribution in [0.25, 0.3) is 11.3 Å². The molecule has 8 heteroatoms. The van der Waals surface area contributed by atoms with Crippen molar-refractivity contribution >= 4 is 17.2 Å². The molecule has 5 nitrogen and oxygen atoms in total. The maximum absolute atomic E-state index is 13.6. The molecule has 0 bridgehead atoms. The Bertz CT molecular complexity index is 1230. The van der Waals surface area contributed by atoms with Gasteiger partial charge in [0.1, 0.15) is 18.0 Å². The summed E-state index contributed by atoms with van der Waals surface area (Å²) in [6, 6.07) is 14.3. The molecule has 0 radical (unpaired) electrons. The van der Waals surface area contributed by atoms with E-state index in [1.54, 1.807) is 42.6 Å². The highest BCUT2D eigenvalue weighted by molar-refractivity contribution is 6.30. The van der Waals surface area contributed by atoms with Gasteiger partial charge in [0.25, 0.3) is 5.92 Å². The molecule has 2 aromatic heterocycles. The quantitative estimate of drug-likeness (QED) is 0.469. The molecule has 4 rings (SSSR count). The molecule has 0 fully saturated rings. The van der Waals surface area contributed by atoms with E-state index in [9.17, 15) is 13.6 Å². The number of imidazole rings is 1. The first-order valence-corrected chi connectivity index (χ1v) is 9.16. The van der Waals surface area contributed by atoms with Crippen LogP contribution in [0.1, 0.15) is 18.2 Å². The molecule has 0 saturated heterocycles. The van der Waals surface area contributed by atoms with E-state index in [0.717, 1.165) is 6.92 Å². The molecule has 0 spiro atoms. The van der Waals surface area contributed by atoms with E-state index < -0.39 is 11.6 Å². The van der Waals surface area contributed by atoms with Crippen molar-refractivity contribution in [3.63, 3.8) is 0 Å². The van der Waals surface area contributed by atoms with Gasteiger partial charge in [-0.1, -0.05) is 23.7 Å². The first-order valence-electron chi connectivity index (χ1n) is 8.78. The van der Waals surface area contributed by atoms with Crippen molar-refractivity contribution in [2.45, 2.75) is 19.5 Å². The number of ether oxygens (including phenoxy) is 1. The summed E-state index contributed by atoms with van der Waals surface area (Å²) in [6.07, 6.45) is 3.09. The van der Waals surface area contributed by atoms with Crippen molar-refractivity contribution in [3.05, 3.63) is 93.8 Å². The molecule has 0 N–H and O–H groups in total. The Morgan fingerprint density at radius 1 is 1.14 bits per heavy atom. The van der Waals surface area contributed by atoms with E-state index in [0.29, 0.717) is 27.8 Å². The third-order valence-electron chi connectivity index (χ3n) is 4.40. The first-order chi connectivity index (χ1) is 13.8. The van der Waals surface area contributed by atoms with Crippen LogP contribution in [0, 0.1) is 0 Å². The fraction of sp³-hybridized carbons (Fsp3) is 0.143. The van der Waals surface area contributed by atoms with E-state index in [-0.39, 0.29) is 12.2 Å². The lowest BCUT2D eigenvalue weighted by atomic mass is 10.1. The predicted octanol–water partition coefficient (Wildman–Crippen LogP) is 4.83. The Labute approximate surface area is 169 Å². The number of hydrogen-bond acceptors (Lipinski definition) is 3. The van der Waals surface area contributed by atoms with E-state index in [1.165, 1.54) is 33.4 Å². The number of benzene rings is 2. The van der Waals surface area contributed by atoms with Crippen molar-refractivity contribution in [3.8, 4) is 11.4 Å². The number of rotatable bonds is 5. The predicted molar refractivity (Wildman–Crippen MR) is 106 cm³/mol. The molecule has 29 heavy (non-hydrogen) atoms. The summed E-state index contributed by atoms with van der Waals surface area (Å²) < 4.78 is 35.6. The van der Waals surface area contributed by atoms with Gasteiger partial charge in [-0.3, -0.25) is 8.97 Å². The van der Waals surface area contributed by atoms with Gasteiger partial charge < -0.3 is 4.74 Å². The van der Waals surface area contributed by atoms with Crippen molar-refractivity contribution in [2.24, 2.45) is 0 Å². The summed E-state index contributed by atoms with van der Waals surface area (Å²) in [5.74, 6) is -2.37. The zero-order valence-corrected chi connectivity index (χ0v) is 16.1. The van der Waals surface area contributed by atoms with Crippen LogP contribution in [0.2, 0.25) is 5.02 Å². The molecule has 148 valence electrons. The lowest BCUT2D eigenvalue weighted by Gasteiger charge is -2.13. The summed E-state index contributed by atoms with van der Waals surface area (Å²) in [6.45, 7) is 0.987. The zero-order valence-electron chi connectivity index (χ0n) is 15.3. The maximum Gasteiger partial charge on any atom is 0.338 e. The van der Waals surface area contributed by atoms with Gasteiger partial charge in [-0.2, -0.15) is 0 Å². The molecule has 0 aliphatic carbocycles. The fourth-order valence-electron chi connectivity index (χ4n) is 2.92. The highest BCUT2D eigenvalue weighted by atomic mass is 35.5. The summed E-state index contributed by atoms with van der Waals surface area (Å²) in [5.41, 5.74) is 0.777. The summed E-state index contributed by atoms with van der Waals surface area (Å²) in [7, 11) is 0. The molecule has 0 aliphatic heterocycles. The third-order valence-corrected chi connectivity index (χ3v) is 4.65. The van der Waals surface area contributed by atoms with Gasteiger partial charge in [0, 0.05) is 29.9 Å². The summed E-state index contributed by atoms with van der Waals surface area (Å²) in [4.78, 5) is 17.2. The number of nitrogens with zero attached hydrogens (tertiary/aromatic N) is 3. The molecule has 0 atom stereocenters. The van der Waals surface area contributed by atoms with Crippen LogP contribution >= 0.6 is 11.6 Å². The van der Waals surface area contributed by atoms with Gasteiger partial charge in [0.05, 0.1) is 11.4 Å². The van der Waals surface area contributed by atoms with Crippen molar-refractivity contribution in [1.29, 1.82) is 0 Å².